The molecule has 2 aliphatic rings. The fourth-order valence-corrected chi connectivity index (χ4v) is 5.86. The van der Waals surface area contributed by atoms with Crippen molar-refractivity contribution in [3.05, 3.63) is 0 Å². The Morgan fingerprint density at radius 2 is 0.808 bits per heavy atom. The Morgan fingerprint density at radius 1 is 0.423 bits per heavy atom. The second-order valence-corrected chi connectivity index (χ2v) is 9.84. The molecule has 0 radical (unpaired) electrons. The van der Waals surface area contributed by atoms with Crippen molar-refractivity contribution in [3.63, 3.8) is 0 Å². The van der Waals surface area contributed by atoms with E-state index < -0.39 is 0 Å². The predicted molar refractivity (Wildman–Crippen MR) is 118 cm³/mol. The van der Waals surface area contributed by atoms with Gasteiger partial charge in [0.2, 0.25) is 0 Å². The van der Waals surface area contributed by atoms with Crippen LogP contribution < -0.4 is 0 Å². The van der Waals surface area contributed by atoms with Gasteiger partial charge in [0.1, 0.15) is 0 Å². The molecule has 0 N–H and O–H groups in total. The Balaban J connectivity index is 1.75. The Morgan fingerprint density at radius 3 is 1.23 bits per heavy atom. The highest BCUT2D eigenvalue weighted by atomic mass is 14.3. The molecule has 0 bridgehead atoms. The van der Waals surface area contributed by atoms with E-state index in [2.05, 4.69) is 6.92 Å². The molecular formula is C26H50. The molecule has 0 aromatic rings. The zero-order chi connectivity index (χ0) is 18.3. The summed E-state index contributed by atoms with van der Waals surface area (Å²) in [5, 5.41) is 0. The minimum absolute atomic E-state index is 1.06. The average molecular weight is 363 g/mol. The molecule has 0 aliphatic heterocycles. The van der Waals surface area contributed by atoms with Crippen LogP contribution in [-0.4, -0.2) is 0 Å². The van der Waals surface area contributed by atoms with E-state index in [4.69, 9.17) is 0 Å². The lowest BCUT2D eigenvalue weighted by Crippen LogP contribution is -2.23. The summed E-state index contributed by atoms with van der Waals surface area (Å²) in [6, 6.07) is 0. The van der Waals surface area contributed by atoms with Gasteiger partial charge in [-0.1, -0.05) is 142 Å². The van der Waals surface area contributed by atoms with Crippen LogP contribution in [0.1, 0.15) is 148 Å². The van der Waals surface area contributed by atoms with E-state index in [1.54, 1.807) is 25.7 Å². The van der Waals surface area contributed by atoms with Crippen molar-refractivity contribution in [2.75, 3.05) is 0 Å². The molecule has 0 nitrogen and oxygen atoms in total. The van der Waals surface area contributed by atoms with Gasteiger partial charge in [0.25, 0.3) is 0 Å². The molecule has 0 amide bonds. The average Bonchev–Trinajstić information content (AvgIpc) is 2.68. The van der Waals surface area contributed by atoms with Crippen LogP contribution in [0.25, 0.3) is 0 Å². The van der Waals surface area contributed by atoms with Gasteiger partial charge in [-0.25, -0.2) is 0 Å². The SMILES string of the molecule is CCC1CCCC(C2CCCCCCCCCCCCCCCCC2)C1. The maximum atomic E-state index is 2.43. The number of hydrogen-bond donors (Lipinski definition) is 0. The molecule has 26 heavy (non-hydrogen) atoms. The van der Waals surface area contributed by atoms with Gasteiger partial charge in [-0.3, -0.25) is 0 Å². The van der Waals surface area contributed by atoms with Gasteiger partial charge in [-0.05, 0) is 24.2 Å². The summed E-state index contributed by atoms with van der Waals surface area (Å²) in [5.41, 5.74) is 0. The first-order valence-electron chi connectivity index (χ1n) is 12.9. The van der Waals surface area contributed by atoms with E-state index in [9.17, 15) is 0 Å². The highest BCUT2D eigenvalue weighted by Crippen LogP contribution is 2.39. The predicted octanol–water partition coefficient (Wildman–Crippen LogP) is 9.46. The Kier molecular flexibility index (Phi) is 12.8. The van der Waals surface area contributed by atoms with Crippen LogP contribution in [0.5, 0.6) is 0 Å². The summed E-state index contributed by atoms with van der Waals surface area (Å²) in [4.78, 5) is 0. The molecule has 0 spiro atoms. The van der Waals surface area contributed by atoms with Gasteiger partial charge in [-0.2, -0.15) is 0 Å². The topological polar surface area (TPSA) is 0 Å². The van der Waals surface area contributed by atoms with Crippen molar-refractivity contribution in [1.82, 2.24) is 0 Å². The molecule has 0 heteroatoms. The molecule has 154 valence electrons. The highest BCUT2D eigenvalue weighted by molar-refractivity contribution is 4.78. The minimum atomic E-state index is 1.06. The van der Waals surface area contributed by atoms with Crippen molar-refractivity contribution < 1.29 is 0 Å². The molecule has 2 atom stereocenters. The zero-order valence-electron chi connectivity index (χ0n) is 18.3. The van der Waals surface area contributed by atoms with Crippen LogP contribution in [0.2, 0.25) is 0 Å². The lowest BCUT2D eigenvalue weighted by atomic mass is 9.71. The Bertz CT molecular complexity index is 289. The van der Waals surface area contributed by atoms with Crippen molar-refractivity contribution >= 4 is 0 Å². The monoisotopic (exact) mass is 362 g/mol. The lowest BCUT2D eigenvalue weighted by molar-refractivity contribution is 0.170. The molecule has 0 saturated heterocycles. The molecular weight excluding hydrogens is 312 g/mol. The van der Waals surface area contributed by atoms with E-state index >= 15 is 0 Å². The summed E-state index contributed by atoms with van der Waals surface area (Å²) < 4.78 is 0. The maximum absolute atomic E-state index is 2.43. The van der Waals surface area contributed by atoms with E-state index in [0.717, 1.165) is 17.8 Å². The van der Waals surface area contributed by atoms with Crippen LogP contribution in [-0.2, 0) is 0 Å². The summed E-state index contributed by atoms with van der Waals surface area (Å²) in [5.74, 6) is 3.21. The zero-order valence-corrected chi connectivity index (χ0v) is 18.3. The largest absolute Gasteiger partial charge is 0.0651 e. The molecule has 0 aromatic heterocycles. The number of rotatable bonds is 2. The second-order valence-electron chi connectivity index (χ2n) is 9.84. The van der Waals surface area contributed by atoms with Crippen LogP contribution in [0.3, 0.4) is 0 Å². The molecule has 2 rings (SSSR count). The van der Waals surface area contributed by atoms with Crippen molar-refractivity contribution in [3.8, 4) is 0 Å². The second kappa shape index (κ2) is 15.0. The van der Waals surface area contributed by atoms with Crippen LogP contribution in [0.15, 0.2) is 0 Å². The summed E-state index contributed by atoms with van der Waals surface area (Å²) in [6.07, 6.45) is 33.4. The van der Waals surface area contributed by atoms with Gasteiger partial charge < -0.3 is 0 Å². The first kappa shape index (κ1) is 22.3. The fourth-order valence-electron chi connectivity index (χ4n) is 5.86. The van der Waals surface area contributed by atoms with Crippen molar-refractivity contribution in [2.24, 2.45) is 17.8 Å². The third kappa shape index (κ3) is 9.80. The molecule has 2 aliphatic carbocycles. The normalized spacial score (nSPS) is 30.3. The van der Waals surface area contributed by atoms with Gasteiger partial charge in [0, 0.05) is 0 Å². The first-order valence-corrected chi connectivity index (χ1v) is 12.9. The number of hydrogen-bond acceptors (Lipinski definition) is 0. The van der Waals surface area contributed by atoms with Gasteiger partial charge >= 0.3 is 0 Å². The van der Waals surface area contributed by atoms with Crippen molar-refractivity contribution in [1.29, 1.82) is 0 Å². The third-order valence-corrected chi connectivity index (χ3v) is 7.72. The van der Waals surface area contributed by atoms with E-state index in [1.807, 2.05) is 0 Å². The minimum Gasteiger partial charge on any atom is -0.0651 e. The molecule has 2 saturated carbocycles. The van der Waals surface area contributed by atoms with Gasteiger partial charge in [-0.15, -0.1) is 0 Å². The fraction of sp³-hybridized carbons (Fsp3) is 1.00. The summed E-state index contributed by atoms with van der Waals surface area (Å²) in [6.45, 7) is 2.43. The highest BCUT2D eigenvalue weighted by Gasteiger charge is 2.27. The Hall–Kier alpha value is 0. The van der Waals surface area contributed by atoms with Crippen LogP contribution >= 0.6 is 0 Å². The van der Waals surface area contributed by atoms with Crippen LogP contribution in [0.4, 0.5) is 0 Å². The van der Waals surface area contributed by atoms with Crippen molar-refractivity contribution in [2.45, 2.75) is 148 Å². The van der Waals surface area contributed by atoms with Gasteiger partial charge in [0.05, 0.1) is 0 Å². The first-order chi connectivity index (χ1) is 12.9. The molecule has 0 heterocycles. The van der Waals surface area contributed by atoms with Gasteiger partial charge in [0.15, 0.2) is 0 Å². The van der Waals surface area contributed by atoms with E-state index in [1.165, 1.54) is 116 Å². The molecule has 2 unspecified atom stereocenters. The lowest BCUT2D eigenvalue weighted by Gasteiger charge is -2.34. The molecule has 2 fully saturated rings. The maximum Gasteiger partial charge on any atom is -0.0383 e. The Labute approximate surface area is 166 Å². The standard InChI is InChI=1S/C26H50/c1-2-24-19-18-22-26(23-24)25-20-16-14-12-10-8-6-4-3-5-7-9-11-13-15-17-21-25/h24-26H,2-23H2,1H3. The molecule has 0 aromatic carbocycles. The quantitative estimate of drug-likeness (QED) is 0.458. The van der Waals surface area contributed by atoms with Crippen LogP contribution in [0, 0.1) is 17.8 Å². The third-order valence-electron chi connectivity index (χ3n) is 7.72. The summed E-state index contributed by atoms with van der Waals surface area (Å²) in [7, 11) is 0. The van der Waals surface area contributed by atoms with E-state index in [0.29, 0.717) is 0 Å². The van der Waals surface area contributed by atoms with E-state index in [-0.39, 0.29) is 0 Å². The summed E-state index contributed by atoms with van der Waals surface area (Å²) >= 11 is 0. The smallest absolute Gasteiger partial charge is 0.0383 e.